The Morgan fingerprint density at radius 3 is 2.42 bits per heavy atom. The number of rotatable bonds is 5. The summed E-state index contributed by atoms with van der Waals surface area (Å²) in [5.74, 6) is -0.0759. The van der Waals surface area contributed by atoms with E-state index in [1.807, 2.05) is 26.0 Å². The number of benzene rings is 2. The van der Waals surface area contributed by atoms with E-state index in [1.54, 1.807) is 13.0 Å². The summed E-state index contributed by atoms with van der Waals surface area (Å²) < 4.78 is 35.0. The number of aryl methyl sites for hydroxylation is 1. The van der Waals surface area contributed by atoms with Crippen LogP contribution in [0, 0.1) is 6.92 Å². The number of hydrogen-bond acceptors (Lipinski definition) is 5. The lowest BCUT2D eigenvalue weighted by Crippen LogP contribution is -2.12. The van der Waals surface area contributed by atoms with E-state index in [2.05, 4.69) is 4.74 Å². The highest BCUT2D eigenvalue weighted by Gasteiger charge is 2.20. The maximum Gasteiger partial charge on any atom is 0.339 e. The molecule has 0 unspecified atom stereocenters. The third-order valence-electron chi connectivity index (χ3n) is 3.62. The lowest BCUT2D eigenvalue weighted by atomic mass is 10.0. The number of carbonyl (C=O) groups excluding carboxylic acids is 1. The Hall–Kier alpha value is -2.34. The molecule has 0 saturated carbocycles. The third-order valence-corrected chi connectivity index (χ3v) is 4.85. The van der Waals surface area contributed by atoms with Gasteiger partial charge >= 0.3 is 16.1 Å². The van der Waals surface area contributed by atoms with E-state index in [0.29, 0.717) is 5.56 Å². The van der Waals surface area contributed by atoms with Crippen LogP contribution in [0.4, 0.5) is 0 Å². The fourth-order valence-corrected chi connectivity index (χ4v) is 3.16. The van der Waals surface area contributed by atoms with Crippen molar-refractivity contribution in [2.75, 3.05) is 7.11 Å². The van der Waals surface area contributed by atoms with Crippen LogP contribution in [0.1, 0.15) is 41.3 Å². The molecule has 0 saturated heterocycles. The molecule has 0 fully saturated rings. The van der Waals surface area contributed by atoms with Gasteiger partial charge in [-0.2, -0.15) is 8.42 Å². The van der Waals surface area contributed by atoms with Gasteiger partial charge in [0.15, 0.2) is 0 Å². The monoisotopic (exact) mass is 348 g/mol. The normalized spacial score (nSPS) is 11.4. The first kappa shape index (κ1) is 18.0. The molecule has 2 aromatic carbocycles. The van der Waals surface area contributed by atoms with Crippen LogP contribution in [0.5, 0.6) is 5.75 Å². The summed E-state index contributed by atoms with van der Waals surface area (Å²) in [5, 5.41) is 0. The minimum absolute atomic E-state index is 0.0975. The largest absolute Gasteiger partial charge is 0.465 e. The van der Waals surface area contributed by atoms with Gasteiger partial charge in [0, 0.05) is 0 Å². The van der Waals surface area contributed by atoms with Gasteiger partial charge in [-0.3, -0.25) is 0 Å². The smallest absolute Gasteiger partial charge is 0.339 e. The zero-order valence-corrected chi connectivity index (χ0v) is 14.9. The standard InChI is InChI=1S/C18H20O5S/c1-12(2)14-9-8-13(3)17(11-14)23-24(20,21)16-7-5-6-15(10-16)18(19)22-4/h5-12H,1-4H3. The molecule has 2 aromatic rings. The molecule has 0 N–H and O–H groups in total. The van der Waals surface area contributed by atoms with Gasteiger partial charge in [0.25, 0.3) is 0 Å². The average Bonchev–Trinajstić information content (AvgIpc) is 2.55. The van der Waals surface area contributed by atoms with E-state index < -0.39 is 16.1 Å². The van der Waals surface area contributed by atoms with Gasteiger partial charge < -0.3 is 8.92 Å². The lowest BCUT2D eigenvalue weighted by molar-refractivity contribution is 0.0600. The fraction of sp³-hybridized carbons (Fsp3) is 0.278. The Bertz CT molecular complexity index is 853. The second-order valence-corrected chi connectivity index (χ2v) is 7.28. The van der Waals surface area contributed by atoms with Crippen molar-refractivity contribution in [2.24, 2.45) is 0 Å². The second-order valence-electron chi connectivity index (χ2n) is 5.74. The maximum atomic E-state index is 12.5. The zero-order chi connectivity index (χ0) is 17.9. The van der Waals surface area contributed by atoms with Gasteiger partial charge in [0.05, 0.1) is 12.7 Å². The van der Waals surface area contributed by atoms with Crippen LogP contribution in [0.25, 0.3) is 0 Å². The van der Waals surface area contributed by atoms with Crippen molar-refractivity contribution < 1.29 is 22.1 Å². The molecule has 24 heavy (non-hydrogen) atoms. The van der Waals surface area contributed by atoms with E-state index in [9.17, 15) is 13.2 Å². The predicted octanol–water partition coefficient (Wildman–Crippen LogP) is 3.67. The van der Waals surface area contributed by atoms with Crippen LogP contribution in [0.3, 0.4) is 0 Å². The maximum absolute atomic E-state index is 12.5. The van der Waals surface area contributed by atoms with E-state index >= 15 is 0 Å². The van der Waals surface area contributed by atoms with Crippen molar-refractivity contribution in [1.29, 1.82) is 0 Å². The Labute approximate surface area is 142 Å². The van der Waals surface area contributed by atoms with Gasteiger partial charge in [0.1, 0.15) is 10.6 Å². The van der Waals surface area contributed by atoms with E-state index in [0.717, 1.165) is 5.56 Å². The third kappa shape index (κ3) is 3.94. The van der Waals surface area contributed by atoms with Crippen molar-refractivity contribution in [1.82, 2.24) is 0 Å². The number of methoxy groups -OCH3 is 1. The summed E-state index contributed by atoms with van der Waals surface area (Å²) in [7, 11) is -2.81. The first-order chi connectivity index (χ1) is 11.2. The van der Waals surface area contributed by atoms with Crippen molar-refractivity contribution in [3.63, 3.8) is 0 Å². The molecule has 0 amide bonds. The molecule has 0 aliphatic carbocycles. The summed E-state index contributed by atoms with van der Waals surface area (Å²) in [6.45, 7) is 5.81. The highest BCUT2D eigenvalue weighted by molar-refractivity contribution is 7.87. The molecule has 128 valence electrons. The highest BCUT2D eigenvalue weighted by atomic mass is 32.2. The van der Waals surface area contributed by atoms with E-state index in [4.69, 9.17) is 4.18 Å². The van der Waals surface area contributed by atoms with Crippen LogP contribution >= 0.6 is 0 Å². The Kier molecular flexibility index (Phi) is 5.29. The molecule has 0 spiro atoms. The first-order valence-electron chi connectivity index (χ1n) is 7.48. The van der Waals surface area contributed by atoms with Crippen LogP contribution in [0.15, 0.2) is 47.4 Å². The van der Waals surface area contributed by atoms with Crippen LogP contribution in [-0.2, 0) is 14.9 Å². The number of hydrogen-bond donors (Lipinski definition) is 0. The molecule has 0 aliphatic rings. The molecule has 6 heteroatoms. The molecule has 2 rings (SSSR count). The van der Waals surface area contributed by atoms with Crippen LogP contribution in [0.2, 0.25) is 0 Å². The molecule has 0 atom stereocenters. The van der Waals surface area contributed by atoms with Crippen molar-refractivity contribution in [3.8, 4) is 5.75 Å². The molecular formula is C18H20O5S. The molecular weight excluding hydrogens is 328 g/mol. The minimum atomic E-state index is -4.05. The Morgan fingerprint density at radius 1 is 1.08 bits per heavy atom. The fourth-order valence-electron chi connectivity index (χ4n) is 2.13. The SMILES string of the molecule is COC(=O)c1cccc(S(=O)(=O)Oc2cc(C(C)C)ccc2C)c1. The Balaban J connectivity index is 2.39. The summed E-state index contributed by atoms with van der Waals surface area (Å²) in [6.07, 6.45) is 0. The van der Waals surface area contributed by atoms with Crippen molar-refractivity contribution >= 4 is 16.1 Å². The molecule has 0 aliphatic heterocycles. The summed E-state index contributed by atoms with van der Waals surface area (Å²) in [5.41, 5.74) is 1.84. The summed E-state index contributed by atoms with van der Waals surface area (Å²) in [4.78, 5) is 11.5. The minimum Gasteiger partial charge on any atom is -0.465 e. The lowest BCUT2D eigenvalue weighted by Gasteiger charge is -2.13. The molecule has 0 bridgehead atoms. The highest BCUT2D eigenvalue weighted by Crippen LogP contribution is 2.27. The number of esters is 1. The molecule has 0 heterocycles. The van der Waals surface area contributed by atoms with Crippen LogP contribution in [-0.4, -0.2) is 21.5 Å². The van der Waals surface area contributed by atoms with E-state index in [1.165, 1.54) is 31.4 Å². The van der Waals surface area contributed by atoms with Crippen LogP contribution < -0.4 is 4.18 Å². The molecule has 0 radical (unpaired) electrons. The zero-order valence-electron chi connectivity index (χ0n) is 14.1. The first-order valence-corrected chi connectivity index (χ1v) is 8.89. The van der Waals surface area contributed by atoms with E-state index in [-0.39, 0.29) is 22.1 Å². The predicted molar refractivity (Wildman–Crippen MR) is 90.9 cm³/mol. The number of carbonyl (C=O) groups is 1. The second kappa shape index (κ2) is 7.05. The average molecular weight is 348 g/mol. The number of ether oxygens (including phenoxy) is 1. The van der Waals surface area contributed by atoms with Crippen molar-refractivity contribution in [3.05, 3.63) is 59.2 Å². The van der Waals surface area contributed by atoms with Gasteiger partial charge in [-0.25, -0.2) is 4.79 Å². The van der Waals surface area contributed by atoms with Crippen molar-refractivity contribution in [2.45, 2.75) is 31.6 Å². The molecule has 0 aromatic heterocycles. The Morgan fingerprint density at radius 2 is 1.79 bits per heavy atom. The van der Waals surface area contributed by atoms with Gasteiger partial charge in [-0.15, -0.1) is 0 Å². The van der Waals surface area contributed by atoms with Gasteiger partial charge in [-0.1, -0.05) is 32.0 Å². The summed E-state index contributed by atoms with van der Waals surface area (Å²) in [6, 6.07) is 11.1. The quantitative estimate of drug-likeness (QED) is 0.609. The molecule has 5 nitrogen and oxygen atoms in total. The summed E-state index contributed by atoms with van der Waals surface area (Å²) >= 11 is 0. The van der Waals surface area contributed by atoms with Gasteiger partial charge in [0.2, 0.25) is 0 Å². The topological polar surface area (TPSA) is 69.7 Å². The van der Waals surface area contributed by atoms with Gasteiger partial charge in [-0.05, 0) is 48.2 Å².